The van der Waals surface area contributed by atoms with E-state index in [1.54, 1.807) is 18.0 Å². The van der Waals surface area contributed by atoms with E-state index in [1.807, 2.05) is 23.7 Å². The fourth-order valence-corrected chi connectivity index (χ4v) is 3.41. The van der Waals surface area contributed by atoms with Gasteiger partial charge in [-0.3, -0.25) is 0 Å². The van der Waals surface area contributed by atoms with Crippen LogP contribution in [-0.2, 0) is 30.8 Å². The molecule has 0 fully saturated rings. The Morgan fingerprint density at radius 3 is 3.10 bits per heavy atom. The third kappa shape index (κ3) is 3.03. The van der Waals surface area contributed by atoms with E-state index in [1.165, 1.54) is 0 Å². The van der Waals surface area contributed by atoms with Gasteiger partial charge in [-0.15, -0.1) is 0 Å². The van der Waals surface area contributed by atoms with Crippen LogP contribution in [0, 0.1) is 0 Å². The Morgan fingerprint density at radius 2 is 2.33 bits per heavy atom. The molecule has 0 unspecified atom stereocenters. The third-order valence-corrected chi connectivity index (χ3v) is 4.62. The summed E-state index contributed by atoms with van der Waals surface area (Å²) in [6, 6.07) is 3.78. The summed E-state index contributed by atoms with van der Waals surface area (Å²) in [5.41, 5.74) is 2.79. The molecule has 3 rings (SSSR count). The van der Waals surface area contributed by atoms with Crippen molar-refractivity contribution in [3.8, 4) is 5.75 Å². The summed E-state index contributed by atoms with van der Waals surface area (Å²) in [6.07, 6.45) is 1.68. The lowest BCUT2D eigenvalue weighted by atomic mass is 10.1. The van der Waals surface area contributed by atoms with Crippen molar-refractivity contribution in [2.75, 3.05) is 6.79 Å². The van der Waals surface area contributed by atoms with Crippen molar-refractivity contribution in [1.82, 2.24) is 9.55 Å². The standard InChI is InChI=1S/C14H15ClN2O3S/c1-17-12(5-18)4-16-14(17)21-7-10-3-11(15)2-9-6-19-8-20-13(9)10/h2-4,18H,5-8H2,1H3. The number of halogens is 1. The molecule has 5 nitrogen and oxygen atoms in total. The molecule has 0 saturated carbocycles. The smallest absolute Gasteiger partial charge is 0.189 e. The summed E-state index contributed by atoms with van der Waals surface area (Å²) >= 11 is 7.73. The first-order chi connectivity index (χ1) is 10.2. The Bertz CT molecular complexity index is 660. The molecular weight excluding hydrogens is 312 g/mol. The van der Waals surface area contributed by atoms with E-state index in [0.29, 0.717) is 17.4 Å². The van der Waals surface area contributed by atoms with Crippen molar-refractivity contribution in [3.63, 3.8) is 0 Å². The molecule has 21 heavy (non-hydrogen) atoms. The average Bonchev–Trinajstić information content (AvgIpc) is 2.85. The zero-order valence-corrected chi connectivity index (χ0v) is 13.1. The highest BCUT2D eigenvalue weighted by molar-refractivity contribution is 7.98. The molecule has 1 aromatic carbocycles. The Morgan fingerprint density at radius 1 is 1.48 bits per heavy atom. The molecule has 0 spiro atoms. The number of benzene rings is 1. The Balaban J connectivity index is 1.81. The molecule has 0 aliphatic carbocycles. The first-order valence-corrected chi connectivity index (χ1v) is 7.81. The number of fused-ring (bicyclic) bond motifs is 1. The molecule has 0 atom stereocenters. The number of aliphatic hydroxyl groups is 1. The number of imidazole rings is 1. The molecule has 0 saturated heterocycles. The number of rotatable bonds is 4. The fourth-order valence-electron chi connectivity index (χ4n) is 2.21. The normalized spacial score (nSPS) is 13.9. The van der Waals surface area contributed by atoms with Gasteiger partial charge in [-0.25, -0.2) is 4.98 Å². The van der Waals surface area contributed by atoms with Crippen molar-refractivity contribution < 1.29 is 14.6 Å². The molecule has 1 aliphatic rings. The molecule has 2 heterocycles. The van der Waals surface area contributed by atoms with Crippen LogP contribution in [0.15, 0.2) is 23.5 Å². The fraction of sp³-hybridized carbons (Fsp3) is 0.357. The molecule has 1 aliphatic heterocycles. The number of aromatic nitrogens is 2. The van der Waals surface area contributed by atoms with Gasteiger partial charge in [0.25, 0.3) is 0 Å². The van der Waals surface area contributed by atoms with Crippen molar-refractivity contribution in [1.29, 1.82) is 0 Å². The van der Waals surface area contributed by atoms with Crippen LogP contribution in [0.5, 0.6) is 5.75 Å². The maximum Gasteiger partial charge on any atom is 0.189 e. The summed E-state index contributed by atoms with van der Waals surface area (Å²) in [5, 5.41) is 10.7. The van der Waals surface area contributed by atoms with Crippen LogP contribution in [0.1, 0.15) is 16.8 Å². The summed E-state index contributed by atoms with van der Waals surface area (Å²) in [4.78, 5) is 4.30. The van der Waals surface area contributed by atoms with Crippen LogP contribution in [0.2, 0.25) is 5.02 Å². The van der Waals surface area contributed by atoms with E-state index in [9.17, 15) is 5.11 Å². The first kappa shape index (κ1) is 14.7. The van der Waals surface area contributed by atoms with E-state index in [2.05, 4.69) is 4.98 Å². The van der Waals surface area contributed by atoms with Crippen LogP contribution in [-0.4, -0.2) is 21.5 Å². The van der Waals surface area contributed by atoms with Crippen LogP contribution in [0.4, 0.5) is 0 Å². The van der Waals surface area contributed by atoms with E-state index >= 15 is 0 Å². The molecule has 0 radical (unpaired) electrons. The predicted octanol–water partition coefficient (Wildman–Crippen LogP) is 2.72. The molecule has 7 heteroatoms. The highest BCUT2D eigenvalue weighted by Gasteiger charge is 2.17. The lowest BCUT2D eigenvalue weighted by Gasteiger charge is -2.21. The van der Waals surface area contributed by atoms with E-state index < -0.39 is 0 Å². The van der Waals surface area contributed by atoms with Gasteiger partial charge in [-0.2, -0.15) is 0 Å². The molecule has 1 N–H and O–H groups in total. The van der Waals surface area contributed by atoms with Gasteiger partial charge in [0, 0.05) is 29.0 Å². The Hall–Kier alpha value is -1.21. The van der Waals surface area contributed by atoms with Gasteiger partial charge in [0.1, 0.15) is 5.75 Å². The van der Waals surface area contributed by atoms with Crippen molar-refractivity contribution in [3.05, 3.63) is 40.2 Å². The van der Waals surface area contributed by atoms with Crippen LogP contribution in [0.25, 0.3) is 0 Å². The van der Waals surface area contributed by atoms with Gasteiger partial charge < -0.3 is 19.1 Å². The number of nitrogens with zero attached hydrogens (tertiary/aromatic N) is 2. The predicted molar refractivity (Wildman–Crippen MR) is 80.4 cm³/mol. The van der Waals surface area contributed by atoms with Crippen molar-refractivity contribution in [2.24, 2.45) is 7.05 Å². The number of thioether (sulfide) groups is 1. The monoisotopic (exact) mass is 326 g/mol. The van der Waals surface area contributed by atoms with E-state index in [4.69, 9.17) is 21.1 Å². The second kappa shape index (κ2) is 6.27. The Labute approximate surface area is 131 Å². The Kier molecular flexibility index (Phi) is 4.40. The van der Waals surface area contributed by atoms with Crippen molar-refractivity contribution in [2.45, 2.75) is 24.1 Å². The van der Waals surface area contributed by atoms with Gasteiger partial charge in [0.05, 0.1) is 25.1 Å². The van der Waals surface area contributed by atoms with E-state index in [0.717, 1.165) is 27.7 Å². The maximum absolute atomic E-state index is 9.19. The number of aliphatic hydroxyl groups excluding tert-OH is 1. The van der Waals surface area contributed by atoms with Crippen LogP contribution < -0.4 is 4.74 Å². The van der Waals surface area contributed by atoms with E-state index in [-0.39, 0.29) is 13.4 Å². The lowest BCUT2D eigenvalue weighted by Crippen LogP contribution is -2.13. The van der Waals surface area contributed by atoms with Crippen LogP contribution in [0.3, 0.4) is 0 Å². The summed E-state index contributed by atoms with van der Waals surface area (Å²) < 4.78 is 12.7. The zero-order chi connectivity index (χ0) is 14.8. The summed E-state index contributed by atoms with van der Waals surface area (Å²) in [6.45, 7) is 0.769. The third-order valence-electron chi connectivity index (χ3n) is 3.31. The zero-order valence-electron chi connectivity index (χ0n) is 11.5. The highest BCUT2D eigenvalue weighted by atomic mass is 35.5. The SMILES string of the molecule is Cn1c(CO)cnc1SCc1cc(Cl)cc2c1OCOC2. The number of hydrogen-bond acceptors (Lipinski definition) is 5. The topological polar surface area (TPSA) is 56.5 Å². The molecule has 0 amide bonds. The lowest BCUT2D eigenvalue weighted by molar-refractivity contribution is -0.0168. The number of hydrogen-bond donors (Lipinski definition) is 1. The average molecular weight is 327 g/mol. The summed E-state index contributed by atoms with van der Waals surface area (Å²) in [7, 11) is 1.89. The minimum absolute atomic E-state index is 0.0168. The van der Waals surface area contributed by atoms with Gasteiger partial charge in [0.15, 0.2) is 11.9 Å². The first-order valence-electron chi connectivity index (χ1n) is 6.45. The molecule has 112 valence electrons. The molecular formula is C14H15ClN2O3S. The van der Waals surface area contributed by atoms with Gasteiger partial charge >= 0.3 is 0 Å². The molecule has 2 aromatic rings. The molecule has 1 aromatic heterocycles. The quantitative estimate of drug-likeness (QED) is 0.875. The van der Waals surface area contributed by atoms with Gasteiger partial charge in [-0.05, 0) is 12.1 Å². The minimum atomic E-state index is -0.0168. The number of ether oxygens (including phenoxy) is 2. The summed E-state index contributed by atoms with van der Waals surface area (Å²) in [5.74, 6) is 1.55. The largest absolute Gasteiger partial charge is 0.467 e. The minimum Gasteiger partial charge on any atom is -0.467 e. The van der Waals surface area contributed by atoms with Crippen molar-refractivity contribution >= 4 is 23.4 Å². The second-order valence-electron chi connectivity index (χ2n) is 4.70. The second-order valence-corrected chi connectivity index (χ2v) is 6.08. The van der Waals surface area contributed by atoms with Gasteiger partial charge in [0.2, 0.25) is 0 Å². The highest BCUT2D eigenvalue weighted by Crippen LogP contribution is 2.35. The van der Waals surface area contributed by atoms with Gasteiger partial charge in [-0.1, -0.05) is 23.4 Å². The maximum atomic E-state index is 9.19. The molecule has 0 bridgehead atoms. The van der Waals surface area contributed by atoms with Crippen LogP contribution >= 0.6 is 23.4 Å².